The molecule has 6 nitrogen and oxygen atoms in total. The van der Waals surface area contributed by atoms with E-state index in [4.69, 9.17) is 4.84 Å². The maximum atomic E-state index is 12.9. The average molecular weight is 461 g/mol. The van der Waals surface area contributed by atoms with Gasteiger partial charge in [-0.1, -0.05) is 60.1 Å². The lowest BCUT2D eigenvalue weighted by Gasteiger charge is -2.46. The highest BCUT2D eigenvalue weighted by molar-refractivity contribution is 7.98. The van der Waals surface area contributed by atoms with Crippen LogP contribution in [0.25, 0.3) is 5.69 Å². The molecule has 0 aliphatic carbocycles. The molecule has 1 aromatic heterocycles. The third kappa shape index (κ3) is 4.89. The van der Waals surface area contributed by atoms with Crippen LogP contribution in [0.3, 0.4) is 0 Å². The molecule has 2 fully saturated rings. The summed E-state index contributed by atoms with van der Waals surface area (Å²) in [4.78, 5) is 20.9. The van der Waals surface area contributed by atoms with Crippen molar-refractivity contribution in [2.24, 2.45) is 5.16 Å². The fourth-order valence-electron chi connectivity index (χ4n) is 4.93. The van der Waals surface area contributed by atoms with E-state index >= 15 is 0 Å². The SMILES string of the molecule is CSc1nn(-c2ccccc2)cc1C(=O)ON=C1C[C@H]2CCC[C@H](C1)N2Cc1ccccc1. The number of fused-ring (bicyclic) bond motifs is 2. The highest BCUT2D eigenvalue weighted by Crippen LogP contribution is 2.34. The van der Waals surface area contributed by atoms with E-state index < -0.39 is 5.97 Å². The standard InChI is InChI=1S/C26H28N4O2S/c1-33-25-24(18-30(27-25)21-11-6-3-7-12-21)26(31)32-28-20-15-22-13-8-14-23(16-20)29(22)17-19-9-4-2-5-10-19/h2-7,9-12,18,22-23H,8,13-17H2,1H3/t22-,23-/m1/s1. The zero-order valence-electron chi connectivity index (χ0n) is 18.8. The van der Waals surface area contributed by atoms with Crippen molar-refractivity contribution in [3.05, 3.63) is 78.0 Å². The van der Waals surface area contributed by atoms with E-state index in [1.807, 2.05) is 36.6 Å². The first-order valence-electron chi connectivity index (χ1n) is 11.5. The van der Waals surface area contributed by atoms with E-state index in [2.05, 4.69) is 45.5 Å². The Morgan fingerprint density at radius 1 is 1.06 bits per heavy atom. The van der Waals surface area contributed by atoms with E-state index in [9.17, 15) is 4.79 Å². The van der Waals surface area contributed by atoms with Crippen molar-refractivity contribution in [2.75, 3.05) is 6.26 Å². The van der Waals surface area contributed by atoms with Crippen molar-refractivity contribution in [1.82, 2.24) is 14.7 Å². The van der Waals surface area contributed by atoms with Crippen LogP contribution in [0.15, 0.2) is 77.0 Å². The molecule has 0 N–H and O–H groups in total. The number of oxime groups is 1. The van der Waals surface area contributed by atoms with Crippen LogP contribution in [0.5, 0.6) is 0 Å². The molecule has 2 saturated heterocycles. The van der Waals surface area contributed by atoms with Gasteiger partial charge < -0.3 is 4.84 Å². The predicted octanol–water partition coefficient (Wildman–Crippen LogP) is 5.32. The zero-order chi connectivity index (χ0) is 22.6. The van der Waals surface area contributed by atoms with E-state index in [0.29, 0.717) is 22.7 Å². The first-order valence-corrected chi connectivity index (χ1v) is 12.7. The lowest BCUT2D eigenvalue weighted by molar-refractivity contribution is 0.0473. The Morgan fingerprint density at radius 2 is 1.73 bits per heavy atom. The van der Waals surface area contributed by atoms with Crippen LogP contribution in [0.2, 0.25) is 0 Å². The average Bonchev–Trinajstić information content (AvgIpc) is 3.29. The van der Waals surface area contributed by atoms with Crippen LogP contribution in [-0.4, -0.2) is 44.7 Å². The molecule has 2 atom stereocenters. The summed E-state index contributed by atoms with van der Waals surface area (Å²) in [5.74, 6) is -0.453. The van der Waals surface area contributed by atoms with Crippen molar-refractivity contribution in [2.45, 2.75) is 55.8 Å². The predicted molar refractivity (Wildman–Crippen MR) is 131 cm³/mol. The molecule has 2 aliphatic rings. The van der Waals surface area contributed by atoms with Gasteiger partial charge in [0, 0.05) is 37.7 Å². The van der Waals surface area contributed by atoms with Gasteiger partial charge in [0.15, 0.2) is 0 Å². The summed E-state index contributed by atoms with van der Waals surface area (Å²) in [7, 11) is 0. The van der Waals surface area contributed by atoms with Gasteiger partial charge in [-0.3, -0.25) is 4.90 Å². The van der Waals surface area contributed by atoms with Crippen LogP contribution in [0, 0.1) is 0 Å². The van der Waals surface area contributed by atoms with Crippen LogP contribution in [0.1, 0.15) is 48.0 Å². The molecule has 3 aromatic rings. The molecule has 7 heteroatoms. The normalized spacial score (nSPS) is 20.5. The summed E-state index contributed by atoms with van der Waals surface area (Å²) < 4.78 is 1.71. The van der Waals surface area contributed by atoms with Gasteiger partial charge in [0.25, 0.3) is 0 Å². The van der Waals surface area contributed by atoms with Crippen LogP contribution in [-0.2, 0) is 11.4 Å². The van der Waals surface area contributed by atoms with Crippen molar-refractivity contribution in [1.29, 1.82) is 0 Å². The van der Waals surface area contributed by atoms with Gasteiger partial charge in [0.1, 0.15) is 10.6 Å². The zero-order valence-corrected chi connectivity index (χ0v) is 19.6. The number of benzene rings is 2. The van der Waals surface area contributed by atoms with Gasteiger partial charge in [-0.2, -0.15) is 5.10 Å². The largest absolute Gasteiger partial charge is 0.370 e. The number of rotatable bonds is 6. The summed E-state index contributed by atoms with van der Waals surface area (Å²) in [6, 6.07) is 21.3. The quantitative estimate of drug-likeness (QED) is 0.283. The van der Waals surface area contributed by atoms with Gasteiger partial charge in [-0.25, -0.2) is 9.48 Å². The van der Waals surface area contributed by atoms with Gasteiger partial charge in [-0.05, 0) is 36.8 Å². The fourth-order valence-corrected chi connectivity index (χ4v) is 5.45. The van der Waals surface area contributed by atoms with E-state index in [0.717, 1.165) is 43.6 Å². The van der Waals surface area contributed by atoms with Gasteiger partial charge >= 0.3 is 5.97 Å². The molecule has 2 aromatic carbocycles. The van der Waals surface area contributed by atoms with Crippen LogP contribution in [0.4, 0.5) is 0 Å². The second kappa shape index (κ2) is 9.93. The number of hydrogen-bond acceptors (Lipinski definition) is 6. The number of thioether (sulfide) groups is 1. The molecule has 2 bridgehead atoms. The molecule has 0 amide bonds. The Bertz CT molecular complexity index is 1110. The Kier molecular flexibility index (Phi) is 6.60. The minimum absolute atomic E-state index is 0.442. The van der Waals surface area contributed by atoms with Crippen LogP contribution >= 0.6 is 11.8 Å². The topological polar surface area (TPSA) is 59.7 Å². The van der Waals surface area contributed by atoms with Gasteiger partial charge in [0.05, 0.1) is 11.4 Å². The molecule has 0 unspecified atom stereocenters. The molecule has 5 rings (SSSR count). The number of carbonyl (C=O) groups excluding carboxylic acids is 1. The first kappa shape index (κ1) is 21.9. The summed E-state index contributed by atoms with van der Waals surface area (Å²) in [6.07, 6.45) is 8.92. The van der Waals surface area contributed by atoms with Crippen molar-refractivity contribution in [3.63, 3.8) is 0 Å². The molecule has 33 heavy (non-hydrogen) atoms. The lowest BCUT2D eigenvalue weighted by Crippen LogP contribution is -2.51. The molecule has 0 radical (unpaired) electrons. The second-order valence-corrected chi connectivity index (χ2v) is 9.47. The van der Waals surface area contributed by atoms with Crippen LogP contribution < -0.4 is 0 Å². The Balaban J connectivity index is 1.27. The minimum atomic E-state index is -0.453. The Hall–Kier alpha value is -2.90. The monoisotopic (exact) mass is 460 g/mol. The molecular formula is C26H28N4O2S. The number of para-hydroxylation sites is 1. The molecule has 3 heterocycles. The Morgan fingerprint density at radius 3 is 2.39 bits per heavy atom. The summed E-state index contributed by atoms with van der Waals surface area (Å²) in [6.45, 7) is 0.971. The van der Waals surface area contributed by atoms with Gasteiger partial charge in [0.2, 0.25) is 0 Å². The third-order valence-electron chi connectivity index (χ3n) is 6.54. The van der Waals surface area contributed by atoms with E-state index in [1.165, 1.54) is 23.7 Å². The maximum absolute atomic E-state index is 12.9. The van der Waals surface area contributed by atoms with Crippen molar-refractivity contribution in [3.8, 4) is 5.69 Å². The smallest absolute Gasteiger partial charge is 0.313 e. The molecule has 0 spiro atoms. The summed E-state index contributed by atoms with van der Waals surface area (Å²) in [5.41, 5.74) is 3.68. The van der Waals surface area contributed by atoms with E-state index in [1.54, 1.807) is 10.9 Å². The second-order valence-electron chi connectivity index (χ2n) is 8.67. The highest BCUT2D eigenvalue weighted by Gasteiger charge is 2.37. The number of piperidine rings is 2. The molecule has 2 aliphatic heterocycles. The number of nitrogens with zero attached hydrogens (tertiary/aromatic N) is 4. The minimum Gasteiger partial charge on any atom is -0.313 e. The summed E-state index contributed by atoms with van der Waals surface area (Å²) in [5, 5.41) is 9.51. The maximum Gasteiger partial charge on any atom is 0.370 e. The Labute approximate surface area is 198 Å². The molecule has 170 valence electrons. The lowest BCUT2D eigenvalue weighted by atomic mass is 9.83. The van der Waals surface area contributed by atoms with Crippen molar-refractivity contribution >= 4 is 23.4 Å². The van der Waals surface area contributed by atoms with Gasteiger partial charge in [-0.15, -0.1) is 11.8 Å². The number of carbonyl (C=O) groups is 1. The third-order valence-corrected chi connectivity index (χ3v) is 7.22. The first-order chi connectivity index (χ1) is 16.2. The summed E-state index contributed by atoms with van der Waals surface area (Å²) >= 11 is 1.43. The van der Waals surface area contributed by atoms with E-state index in [-0.39, 0.29) is 0 Å². The number of aromatic nitrogens is 2. The fraction of sp³-hybridized carbons (Fsp3) is 0.346. The van der Waals surface area contributed by atoms with Crippen molar-refractivity contribution < 1.29 is 9.63 Å². The molecule has 0 saturated carbocycles. The molecular weight excluding hydrogens is 432 g/mol. The highest BCUT2D eigenvalue weighted by atomic mass is 32.2. The number of hydrogen-bond donors (Lipinski definition) is 0.